The maximum Gasteiger partial charge on any atom is 0.273 e. The number of carbonyl (C=O) groups is 2. The van der Waals surface area contributed by atoms with Gasteiger partial charge in [-0.3, -0.25) is 24.4 Å². The summed E-state index contributed by atoms with van der Waals surface area (Å²) in [7, 11) is -4.05. The number of nitro groups is 1. The van der Waals surface area contributed by atoms with Crippen LogP contribution in [-0.2, 0) is 14.8 Å². The zero-order valence-corrected chi connectivity index (χ0v) is 19.9. The number of piperidine rings is 1. The summed E-state index contributed by atoms with van der Waals surface area (Å²) in [6.45, 7) is 4.47. The Labute approximate surface area is 198 Å². The topological polar surface area (TPSA) is 139 Å². The van der Waals surface area contributed by atoms with Crippen LogP contribution < -0.4 is 10.0 Å². The van der Waals surface area contributed by atoms with Gasteiger partial charge in [0, 0.05) is 48.4 Å². The van der Waals surface area contributed by atoms with Crippen LogP contribution in [0.2, 0.25) is 0 Å². The molecule has 0 bridgehead atoms. The van der Waals surface area contributed by atoms with Gasteiger partial charge in [-0.05, 0) is 56.5 Å². The number of rotatable bonds is 8. The molecule has 1 fully saturated rings. The molecule has 1 aliphatic rings. The first-order chi connectivity index (χ1) is 16.1. The van der Waals surface area contributed by atoms with Gasteiger partial charge in [0.1, 0.15) is 0 Å². The van der Waals surface area contributed by atoms with E-state index in [0.717, 1.165) is 25.3 Å². The third-order valence-corrected chi connectivity index (χ3v) is 7.00. The number of carbonyl (C=O) groups excluding carboxylic acids is 2. The summed E-state index contributed by atoms with van der Waals surface area (Å²) in [5.41, 5.74) is 0.698. The number of sulfonamides is 1. The molecule has 0 saturated carbocycles. The van der Waals surface area contributed by atoms with E-state index in [1.54, 1.807) is 4.90 Å². The minimum atomic E-state index is -4.05. The molecule has 11 heteroatoms. The van der Waals surface area contributed by atoms with E-state index in [4.69, 9.17) is 0 Å². The first-order valence-electron chi connectivity index (χ1n) is 11.1. The quantitative estimate of drug-likeness (QED) is 0.432. The Morgan fingerprint density at radius 1 is 1.18 bits per heavy atom. The third-order valence-electron chi connectivity index (χ3n) is 5.62. The molecule has 0 radical (unpaired) electrons. The van der Waals surface area contributed by atoms with Crippen LogP contribution in [0.25, 0.3) is 0 Å². The van der Waals surface area contributed by atoms with E-state index in [1.165, 1.54) is 43.3 Å². The lowest BCUT2D eigenvalue weighted by molar-refractivity contribution is -0.385. The maximum absolute atomic E-state index is 12.9. The second-order valence-electron chi connectivity index (χ2n) is 8.30. The second kappa shape index (κ2) is 10.6. The van der Waals surface area contributed by atoms with E-state index < -0.39 is 14.9 Å². The third kappa shape index (κ3) is 6.10. The number of nitrogens with one attached hydrogen (secondary N) is 2. The summed E-state index contributed by atoms with van der Waals surface area (Å²) >= 11 is 0. The zero-order chi connectivity index (χ0) is 24.9. The Morgan fingerprint density at radius 2 is 1.88 bits per heavy atom. The molecule has 0 aliphatic carbocycles. The molecule has 2 amide bonds. The molecule has 182 valence electrons. The predicted octanol–water partition coefficient (Wildman–Crippen LogP) is 3.22. The fourth-order valence-corrected chi connectivity index (χ4v) is 4.92. The van der Waals surface area contributed by atoms with Crippen molar-refractivity contribution in [3.05, 3.63) is 63.7 Å². The Morgan fingerprint density at radius 3 is 2.53 bits per heavy atom. The van der Waals surface area contributed by atoms with Crippen molar-refractivity contribution in [1.82, 2.24) is 10.2 Å². The van der Waals surface area contributed by atoms with E-state index in [0.29, 0.717) is 30.6 Å². The van der Waals surface area contributed by atoms with Crippen LogP contribution in [-0.4, -0.2) is 49.2 Å². The number of nitro benzene ring substituents is 1. The Bertz CT molecular complexity index is 1180. The lowest BCUT2D eigenvalue weighted by Gasteiger charge is -2.33. The van der Waals surface area contributed by atoms with Crippen molar-refractivity contribution >= 4 is 33.2 Å². The maximum atomic E-state index is 12.9. The van der Waals surface area contributed by atoms with Gasteiger partial charge in [-0.15, -0.1) is 0 Å². The zero-order valence-electron chi connectivity index (χ0n) is 19.1. The van der Waals surface area contributed by atoms with Crippen molar-refractivity contribution in [2.45, 2.75) is 50.5 Å². The van der Waals surface area contributed by atoms with Crippen LogP contribution in [0.4, 0.5) is 11.4 Å². The number of anilines is 1. The molecule has 2 aromatic rings. The SMILES string of the molecule is CCCC(=O)NC1CCCN(C(=O)c2ccc(NS(=O)(=O)c3ccc(C)c([N+](=O)[O-])c3)cc2)C1. The lowest BCUT2D eigenvalue weighted by Crippen LogP contribution is -2.49. The van der Waals surface area contributed by atoms with Gasteiger partial charge >= 0.3 is 0 Å². The van der Waals surface area contributed by atoms with Gasteiger partial charge in [0.05, 0.1) is 9.82 Å². The lowest BCUT2D eigenvalue weighted by atomic mass is 10.0. The summed E-state index contributed by atoms with van der Waals surface area (Å²) in [6, 6.07) is 9.60. The molecule has 3 rings (SSSR count). The summed E-state index contributed by atoms with van der Waals surface area (Å²) in [5, 5.41) is 14.1. The van der Waals surface area contributed by atoms with Gasteiger partial charge in [0.15, 0.2) is 0 Å². The first kappa shape index (κ1) is 25.2. The molecule has 1 saturated heterocycles. The second-order valence-corrected chi connectivity index (χ2v) is 9.98. The molecular weight excluding hydrogens is 460 g/mol. The summed E-state index contributed by atoms with van der Waals surface area (Å²) in [6.07, 6.45) is 2.82. The highest BCUT2D eigenvalue weighted by molar-refractivity contribution is 7.92. The smallest absolute Gasteiger partial charge is 0.273 e. The minimum Gasteiger partial charge on any atom is -0.352 e. The fraction of sp³-hybridized carbons (Fsp3) is 0.391. The molecule has 2 N–H and O–H groups in total. The summed E-state index contributed by atoms with van der Waals surface area (Å²) in [5.74, 6) is -0.213. The number of amides is 2. The molecule has 1 unspecified atom stereocenters. The van der Waals surface area contributed by atoms with E-state index in [1.807, 2.05) is 6.92 Å². The normalized spacial score (nSPS) is 16.1. The fourth-order valence-electron chi connectivity index (χ4n) is 3.84. The number of hydrogen-bond acceptors (Lipinski definition) is 6. The number of likely N-dealkylation sites (tertiary alicyclic amines) is 1. The van der Waals surface area contributed by atoms with Gasteiger partial charge in [-0.1, -0.05) is 13.0 Å². The van der Waals surface area contributed by atoms with Crippen molar-refractivity contribution in [3.63, 3.8) is 0 Å². The molecule has 1 atom stereocenters. The highest BCUT2D eigenvalue weighted by Gasteiger charge is 2.26. The highest BCUT2D eigenvalue weighted by Crippen LogP contribution is 2.24. The van der Waals surface area contributed by atoms with Crippen LogP contribution in [0.15, 0.2) is 47.4 Å². The van der Waals surface area contributed by atoms with E-state index in [9.17, 15) is 28.1 Å². The first-order valence-corrected chi connectivity index (χ1v) is 12.6. The summed E-state index contributed by atoms with van der Waals surface area (Å²) in [4.78, 5) is 36.8. The largest absolute Gasteiger partial charge is 0.352 e. The molecule has 1 aliphatic heterocycles. The van der Waals surface area contributed by atoms with Crippen molar-refractivity contribution < 1.29 is 22.9 Å². The van der Waals surface area contributed by atoms with Gasteiger partial charge < -0.3 is 10.2 Å². The Balaban J connectivity index is 1.67. The average molecular weight is 489 g/mol. The van der Waals surface area contributed by atoms with Crippen LogP contribution >= 0.6 is 0 Å². The molecule has 10 nitrogen and oxygen atoms in total. The van der Waals surface area contributed by atoms with Crippen molar-refractivity contribution in [3.8, 4) is 0 Å². The van der Waals surface area contributed by atoms with Crippen molar-refractivity contribution in [2.24, 2.45) is 0 Å². The molecule has 1 heterocycles. The van der Waals surface area contributed by atoms with E-state index >= 15 is 0 Å². The van der Waals surface area contributed by atoms with E-state index in [-0.39, 0.29) is 34.1 Å². The molecular formula is C23H28N4O6S. The Kier molecular flexibility index (Phi) is 7.87. The molecule has 0 aromatic heterocycles. The number of nitrogens with zero attached hydrogens (tertiary/aromatic N) is 2. The highest BCUT2D eigenvalue weighted by atomic mass is 32.2. The van der Waals surface area contributed by atoms with Gasteiger partial charge in [-0.2, -0.15) is 0 Å². The van der Waals surface area contributed by atoms with Gasteiger partial charge in [0.2, 0.25) is 5.91 Å². The number of aryl methyl sites for hydroxylation is 1. The van der Waals surface area contributed by atoms with Crippen LogP contribution in [0, 0.1) is 17.0 Å². The molecule has 2 aromatic carbocycles. The van der Waals surface area contributed by atoms with Crippen molar-refractivity contribution in [2.75, 3.05) is 17.8 Å². The summed E-state index contributed by atoms with van der Waals surface area (Å²) < 4.78 is 27.7. The monoisotopic (exact) mass is 488 g/mol. The van der Waals surface area contributed by atoms with Crippen molar-refractivity contribution in [1.29, 1.82) is 0 Å². The standard InChI is InChI=1S/C23H28N4O6S/c1-3-5-22(28)24-19-6-4-13-26(15-19)23(29)17-8-10-18(11-9-17)25-34(32,33)20-12-7-16(2)21(14-20)27(30)31/h7-12,14,19,25H,3-6,13,15H2,1-2H3,(H,24,28). The van der Waals surface area contributed by atoms with Crippen LogP contribution in [0.5, 0.6) is 0 Å². The van der Waals surface area contributed by atoms with Crippen LogP contribution in [0.1, 0.15) is 48.5 Å². The minimum absolute atomic E-state index is 0.0163. The molecule has 34 heavy (non-hydrogen) atoms. The van der Waals surface area contributed by atoms with Gasteiger partial charge in [-0.25, -0.2) is 8.42 Å². The van der Waals surface area contributed by atoms with E-state index in [2.05, 4.69) is 10.0 Å². The average Bonchev–Trinajstić information content (AvgIpc) is 2.79. The molecule has 0 spiro atoms. The predicted molar refractivity (Wildman–Crippen MR) is 127 cm³/mol. The number of hydrogen-bond donors (Lipinski definition) is 2. The van der Waals surface area contributed by atoms with Crippen LogP contribution in [0.3, 0.4) is 0 Å². The number of benzene rings is 2. The van der Waals surface area contributed by atoms with Gasteiger partial charge in [0.25, 0.3) is 21.6 Å². The Hall–Kier alpha value is -3.47.